The Balaban J connectivity index is 0.871. The summed E-state index contributed by atoms with van der Waals surface area (Å²) in [7, 11) is 0. The Hall–Kier alpha value is -7.41. The lowest BCUT2D eigenvalue weighted by Crippen LogP contribution is -2.15. The first kappa shape index (κ1) is 38.8. The zero-order valence-electron chi connectivity index (χ0n) is 35.1. The second-order valence-corrected chi connectivity index (χ2v) is 16.6. The molecule has 2 aliphatic carbocycles. The van der Waals surface area contributed by atoms with Gasteiger partial charge in [-0.2, -0.15) is 5.26 Å². The van der Waals surface area contributed by atoms with E-state index in [1.165, 1.54) is 65.0 Å². The summed E-state index contributed by atoms with van der Waals surface area (Å²) in [4.78, 5) is 4.80. The fraction of sp³-hybridized carbons (Fsp3) is 0.136. The van der Waals surface area contributed by atoms with Gasteiger partial charge >= 0.3 is 0 Å². The maximum atomic E-state index is 10.4. The van der Waals surface area contributed by atoms with E-state index in [2.05, 4.69) is 216 Å². The van der Waals surface area contributed by atoms with Crippen molar-refractivity contribution in [1.29, 1.82) is 5.26 Å². The quantitative estimate of drug-likeness (QED) is 0.129. The molecule has 62 heavy (non-hydrogen) atoms. The molecule has 0 N–H and O–H groups in total. The number of rotatable bonds is 10. The topological polar surface area (TPSA) is 30.3 Å². The van der Waals surface area contributed by atoms with Gasteiger partial charge in [-0.05, 0) is 168 Å². The van der Waals surface area contributed by atoms with E-state index in [1.54, 1.807) is 0 Å². The molecule has 0 fully saturated rings. The number of nitrogens with zero attached hydrogens (tertiary/aromatic N) is 3. The summed E-state index contributed by atoms with van der Waals surface area (Å²) in [5.74, 6) is 0. The van der Waals surface area contributed by atoms with Crippen LogP contribution in [0.5, 0.6) is 0 Å². The highest BCUT2D eigenvalue weighted by molar-refractivity contribution is 5.94. The lowest BCUT2D eigenvalue weighted by Gasteiger charge is -2.30. The highest BCUT2D eigenvalue weighted by Crippen LogP contribution is 2.42. The van der Waals surface area contributed by atoms with Crippen LogP contribution in [0.2, 0.25) is 0 Å². The number of hydrogen-bond donors (Lipinski definition) is 0. The van der Waals surface area contributed by atoms with E-state index in [4.69, 9.17) is 0 Å². The van der Waals surface area contributed by atoms with Crippen LogP contribution in [-0.4, -0.2) is 0 Å². The zero-order valence-corrected chi connectivity index (χ0v) is 35.1. The molecule has 10 rings (SSSR count). The Labute approximate surface area is 366 Å². The second kappa shape index (κ2) is 17.7. The van der Waals surface area contributed by atoms with Crippen molar-refractivity contribution in [2.24, 2.45) is 0 Å². The number of para-hydroxylation sites is 2. The van der Waals surface area contributed by atoms with E-state index in [-0.39, 0.29) is 0 Å². The van der Waals surface area contributed by atoms with Crippen molar-refractivity contribution in [3.63, 3.8) is 0 Å². The Bertz CT molecular complexity index is 2950. The number of hydrogen-bond acceptors (Lipinski definition) is 3. The van der Waals surface area contributed by atoms with E-state index >= 15 is 0 Å². The Kier molecular flexibility index (Phi) is 11.0. The SMILES string of the molecule is N#Cc1c(/C=C/c2ccc(N(c3ccccc3)c3cccc4c3CCCC4)cc2)ccc2cc(/C=C/c3ccc(N(c4ccccc4)c4cccc5c4CCCC5)cc3)ccc12. The summed E-state index contributed by atoms with van der Waals surface area (Å²) < 4.78 is 0. The third kappa shape index (κ3) is 7.96. The van der Waals surface area contributed by atoms with E-state index in [0.29, 0.717) is 5.56 Å². The first-order valence-corrected chi connectivity index (χ1v) is 22.2. The molecule has 0 unspecified atom stereocenters. The molecular weight excluding hydrogens is 751 g/mol. The number of aryl methyl sites for hydroxylation is 2. The Morgan fingerprint density at radius 1 is 0.403 bits per heavy atom. The number of benzene rings is 8. The largest absolute Gasteiger partial charge is 0.310 e. The summed E-state index contributed by atoms with van der Waals surface area (Å²) in [6.07, 6.45) is 18.0. The smallest absolute Gasteiger partial charge is 0.100 e. The molecule has 0 spiro atoms. The predicted molar refractivity (Wildman–Crippen MR) is 262 cm³/mol. The molecular formula is C59H49N3. The van der Waals surface area contributed by atoms with Crippen LogP contribution in [0.3, 0.4) is 0 Å². The van der Waals surface area contributed by atoms with Gasteiger partial charge in [-0.1, -0.05) is 133 Å². The fourth-order valence-electron chi connectivity index (χ4n) is 9.53. The minimum absolute atomic E-state index is 0.688. The van der Waals surface area contributed by atoms with Crippen LogP contribution in [0, 0.1) is 11.3 Å². The van der Waals surface area contributed by atoms with Crippen LogP contribution in [0.4, 0.5) is 34.1 Å². The first-order chi connectivity index (χ1) is 30.7. The van der Waals surface area contributed by atoms with Crippen molar-refractivity contribution in [2.75, 3.05) is 9.80 Å². The van der Waals surface area contributed by atoms with Gasteiger partial charge in [0.05, 0.1) is 5.56 Å². The molecule has 0 atom stereocenters. The van der Waals surface area contributed by atoms with E-state index in [1.807, 2.05) is 0 Å². The maximum Gasteiger partial charge on any atom is 0.100 e. The molecule has 8 aromatic rings. The van der Waals surface area contributed by atoms with Crippen molar-refractivity contribution < 1.29 is 0 Å². The van der Waals surface area contributed by atoms with Gasteiger partial charge in [-0.25, -0.2) is 0 Å². The molecule has 0 saturated heterocycles. The van der Waals surface area contributed by atoms with Gasteiger partial charge in [0.1, 0.15) is 6.07 Å². The average Bonchev–Trinajstić information content (AvgIpc) is 3.34. The standard InChI is InChI=1S/C59H49N3/c60-42-57-48(33-27-44-30-38-53(39-31-44)62(51-19-5-2-6-20-51)59-24-12-16-47-14-8-10-22-56(47)59)34-35-49-41-45(32-40-54(49)57)26-25-43-28-36-52(37-29-43)61(50-17-3-1-4-18-50)58-23-11-15-46-13-7-9-21-55(46)58/h1-6,11-12,15-20,23-41H,7-10,13-14,21-22H2/b26-25+,33-27+. The van der Waals surface area contributed by atoms with E-state index < -0.39 is 0 Å². The lowest BCUT2D eigenvalue weighted by molar-refractivity contribution is 0.686. The Morgan fingerprint density at radius 2 is 0.871 bits per heavy atom. The van der Waals surface area contributed by atoms with Gasteiger partial charge in [0, 0.05) is 39.5 Å². The van der Waals surface area contributed by atoms with Gasteiger partial charge in [0.15, 0.2) is 0 Å². The molecule has 0 radical (unpaired) electrons. The monoisotopic (exact) mass is 799 g/mol. The third-order valence-corrected chi connectivity index (χ3v) is 12.7. The van der Waals surface area contributed by atoms with Gasteiger partial charge in [0.25, 0.3) is 0 Å². The average molecular weight is 800 g/mol. The van der Waals surface area contributed by atoms with Crippen LogP contribution < -0.4 is 9.80 Å². The molecule has 2 aliphatic rings. The molecule has 0 saturated carbocycles. The summed E-state index contributed by atoms with van der Waals surface area (Å²) >= 11 is 0. The highest BCUT2D eigenvalue weighted by atomic mass is 15.1. The normalized spacial score (nSPS) is 13.5. The van der Waals surface area contributed by atoms with Crippen LogP contribution in [0.1, 0.15) is 75.8 Å². The Morgan fingerprint density at radius 3 is 1.40 bits per heavy atom. The summed E-state index contributed by atoms with van der Waals surface area (Å²) in [6.45, 7) is 0. The minimum Gasteiger partial charge on any atom is -0.310 e. The molecule has 3 nitrogen and oxygen atoms in total. The van der Waals surface area contributed by atoms with Crippen molar-refractivity contribution >= 4 is 69.2 Å². The van der Waals surface area contributed by atoms with Crippen molar-refractivity contribution in [2.45, 2.75) is 51.4 Å². The second-order valence-electron chi connectivity index (χ2n) is 16.6. The van der Waals surface area contributed by atoms with Crippen LogP contribution in [-0.2, 0) is 25.7 Å². The number of anilines is 6. The predicted octanol–water partition coefficient (Wildman–Crippen LogP) is 15.7. The molecule has 0 aliphatic heterocycles. The number of nitriles is 1. The van der Waals surface area contributed by atoms with Crippen molar-refractivity contribution in [3.05, 3.63) is 226 Å². The maximum absolute atomic E-state index is 10.4. The first-order valence-electron chi connectivity index (χ1n) is 22.2. The minimum atomic E-state index is 0.688. The molecule has 8 aromatic carbocycles. The fourth-order valence-corrected chi connectivity index (χ4v) is 9.53. The zero-order chi connectivity index (χ0) is 41.7. The molecule has 300 valence electrons. The van der Waals surface area contributed by atoms with Gasteiger partial charge in [-0.15, -0.1) is 0 Å². The number of fused-ring (bicyclic) bond motifs is 3. The van der Waals surface area contributed by atoms with Crippen LogP contribution in [0.15, 0.2) is 176 Å². The van der Waals surface area contributed by atoms with Gasteiger partial charge in [0.2, 0.25) is 0 Å². The van der Waals surface area contributed by atoms with E-state index in [0.717, 1.165) is 75.8 Å². The van der Waals surface area contributed by atoms with Gasteiger partial charge < -0.3 is 9.80 Å². The molecule has 0 amide bonds. The van der Waals surface area contributed by atoms with Crippen molar-refractivity contribution in [3.8, 4) is 6.07 Å². The van der Waals surface area contributed by atoms with Crippen LogP contribution >= 0.6 is 0 Å². The lowest BCUT2D eigenvalue weighted by atomic mass is 9.90. The van der Waals surface area contributed by atoms with E-state index in [9.17, 15) is 5.26 Å². The van der Waals surface area contributed by atoms with Crippen LogP contribution in [0.25, 0.3) is 35.1 Å². The molecule has 0 aromatic heterocycles. The third-order valence-electron chi connectivity index (χ3n) is 12.7. The molecule has 0 heterocycles. The highest BCUT2D eigenvalue weighted by Gasteiger charge is 2.21. The summed E-state index contributed by atoms with van der Waals surface area (Å²) in [5, 5.41) is 12.4. The van der Waals surface area contributed by atoms with Gasteiger partial charge in [-0.3, -0.25) is 0 Å². The molecule has 3 heteroatoms. The summed E-state index contributed by atoms with van der Waals surface area (Å²) in [6, 6.07) is 65.6. The van der Waals surface area contributed by atoms with Crippen molar-refractivity contribution in [1.82, 2.24) is 0 Å². The molecule has 0 bridgehead atoms. The summed E-state index contributed by atoms with van der Waals surface area (Å²) in [5.41, 5.74) is 18.0.